The maximum atomic E-state index is 12.1. The summed E-state index contributed by atoms with van der Waals surface area (Å²) in [5.74, 6) is -0.300. The van der Waals surface area contributed by atoms with Crippen molar-refractivity contribution in [1.29, 1.82) is 0 Å². The summed E-state index contributed by atoms with van der Waals surface area (Å²) in [6, 6.07) is 0. The number of ether oxygens (including phenoxy) is 1. The molecule has 3 rings (SSSR count). The number of aliphatic hydroxyl groups is 1. The second-order valence-electron chi connectivity index (χ2n) is 5.80. The van der Waals surface area contributed by atoms with E-state index in [4.69, 9.17) is 4.74 Å². The average molecular weight is 262 g/mol. The predicted octanol–water partition coefficient (Wildman–Crippen LogP) is 1.39. The second-order valence-corrected chi connectivity index (χ2v) is 5.80. The number of hydrogen-bond acceptors (Lipinski definition) is 4. The Labute approximate surface area is 112 Å². The van der Waals surface area contributed by atoms with E-state index in [0.29, 0.717) is 12.0 Å². The summed E-state index contributed by atoms with van der Waals surface area (Å²) in [5, 5.41) is 9.51. The Balaban J connectivity index is 2.07. The third kappa shape index (κ3) is 1.70. The van der Waals surface area contributed by atoms with Gasteiger partial charge in [-0.3, -0.25) is 9.59 Å². The topological polar surface area (TPSA) is 63.6 Å². The molecule has 1 N–H and O–H groups in total. The van der Waals surface area contributed by atoms with Crippen molar-refractivity contribution in [2.24, 2.45) is 17.8 Å². The van der Waals surface area contributed by atoms with Gasteiger partial charge in [0.2, 0.25) is 0 Å². The van der Waals surface area contributed by atoms with Gasteiger partial charge in [-0.05, 0) is 31.4 Å². The maximum Gasteiger partial charge on any atom is 0.309 e. The number of ketones is 1. The van der Waals surface area contributed by atoms with Crippen molar-refractivity contribution in [3.63, 3.8) is 0 Å². The molecular formula is C15H18O4. The number of carbonyl (C=O) groups is 2. The Kier molecular flexibility index (Phi) is 2.86. The van der Waals surface area contributed by atoms with Crippen LogP contribution in [-0.4, -0.2) is 29.6 Å². The van der Waals surface area contributed by atoms with Gasteiger partial charge in [0.25, 0.3) is 0 Å². The minimum Gasteiger partial charge on any atom is -0.461 e. The smallest absolute Gasteiger partial charge is 0.309 e. The SMILES string of the molecule is CC1=CC(=O)C2=C(CO)CC[C@@H]3[C@H](OC(=O)[C@H]3C)[C@@H]12. The van der Waals surface area contributed by atoms with Crippen LogP contribution < -0.4 is 0 Å². The molecule has 0 radical (unpaired) electrons. The number of aliphatic hydroxyl groups excluding tert-OH is 1. The predicted molar refractivity (Wildman–Crippen MR) is 68.1 cm³/mol. The third-order valence-corrected chi connectivity index (χ3v) is 4.79. The lowest BCUT2D eigenvalue weighted by atomic mass is 9.81. The molecule has 4 atom stereocenters. The fourth-order valence-electron chi connectivity index (χ4n) is 3.73. The Morgan fingerprint density at radius 1 is 1.42 bits per heavy atom. The summed E-state index contributed by atoms with van der Waals surface area (Å²) in [4.78, 5) is 23.9. The quantitative estimate of drug-likeness (QED) is 0.725. The number of esters is 1. The fourth-order valence-corrected chi connectivity index (χ4v) is 3.73. The second kappa shape index (κ2) is 4.30. The van der Waals surface area contributed by atoms with Crippen LogP contribution in [0.25, 0.3) is 0 Å². The van der Waals surface area contributed by atoms with E-state index in [2.05, 4.69) is 0 Å². The van der Waals surface area contributed by atoms with Crippen molar-refractivity contribution in [3.05, 3.63) is 22.8 Å². The van der Waals surface area contributed by atoms with E-state index in [1.54, 1.807) is 6.08 Å². The van der Waals surface area contributed by atoms with Crippen molar-refractivity contribution in [3.8, 4) is 0 Å². The van der Waals surface area contributed by atoms with Gasteiger partial charge < -0.3 is 9.84 Å². The molecular weight excluding hydrogens is 244 g/mol. The molecule has 4 nitrogen and oxygen atoms in total. The van der Waals surface area contributed by atoms with Crippen LogP contribution in [0.4, 0.5) is 0 Å². The van der Waals surface area contributed by atoms with Gasteiger partial charge in [0.1, 0.15) is 6.10 Å². The largest absolute Gasteiger partial charge is 0.461 e. The summed E-state index contributed by atoms with van der Waals surface area (Å²) in [5.41, 5.74) is 2.44. The van der Waals surface area contributed by atoms with Crippen LogP contribution in [0.15, 0.2) is 22.8 Å². The van der Waals surface area contributed by atoms with E-state index in [-0.39, 0.29) is 42.2 Å². The molecule has 2 aliphatic carbocycles. The molecule has 1 fully saturated rings. The van der Waals surface area contributed by atoms with Gasteiger partial charge >= 0.3 is 5.97 Å². The number of fused-ring (bicyclic) bond motifs is 3. The van der Waals surface area contributed by atoms with Gasteiger partial charge in [-0.25, -0.2) is 0 Å². The molecule has 0 amide bonds. The molecule has 1 saturated heterocycles. The van der Waals surface area contributed by atoms with Gasteiger partial charge in [-0.1, -0.05) is 12.5 Å². The molecule has 0 unspecified atom stereocenters. The van der Waals surface area contributed by atoms with Crippen LogP contribution in [0, 0.1) is 17.8 Å². The minimum absolute atomic E-state index is 0.0252. The van der Waals surface area contributed by atoms with Gasteiger partial charge in [0, 0.05) is 17.4 Å². The van der Waals surface area contributed by atoms with Crippen LogP contribution in [0.1, 0.15) is 26.7 Å². The van der Waals surface area contributed by atoms with Gasteiger partial charge in [0.15, 0.2) is 5.78 Å². The van der Waals surface area contributed by atoms with E-state index >= 15 is 0 Å². The molecule has 0 spiro atoms. The highest BCUT2D eigenvalue weighted by molar-refractivity contribution is 6.09. The Morgan fingerprint density at radius 3 is 2.84 bits per heavy atom. The number of allylic oxidation sites excluding steroid dienone is 1. The van der Waals surface area contributed by atoms with Crippen molar-refractivity contribution in [1.82, 2.24) is 0 Å². The van der Waals surface area contributed by atoms with E-state index in [0.717, 1.165) is 17.6 Å². The number of carbonyl (C=O) groups excluding carboxylic acids is 2. The maximum absolute atomic E-state index is 12.1. The molecule has 1 aliphatic heterocycles. The summed E-state index contributed by atoms with van der Waals surface area (Å²) in [6.07, 6.45) is 2.87. The third-order valence-electron chi connectivity index (χ3n) is 4.79. The first-order valence-electron chi connectivity index (χ1n) is 6.80. The van der Waals surface area contributed by atoms with Crippen molar-refractivity contribution >= 4 is 11.8 Å². The van der Waals surface area contributed by atoms with E-state index in [1.807, 2.05) is 13.8 Å². The molecule has 0 bridgehead atoms. The first kappa shape index (κ1) is 12.6. The molecule has 102 valence electrons. The lowest BCUT2D eigenvalue weighted by Crippen LogP contribution is -2.28. The van der Waals surface area contributed by atoms with E-state index in [1.165, 1.54) is 0 Å². The molecule has 3 aliphatic rings. The summed E-state index contributed by atoms with van der Waals surface area (Å²) >= 11 is 0. The highest BCUT2D eigenvalue weighted by atomic mass is 16.6. The molecule has 0 aromatic heterocycles. The average Bonchev–Trinajstić information content (AvgIpc) is 2.74. The Bertz CT molecular complexity index is 514. The van der Waals surface area contributed by atoms with Crippen molar-refractivity contribution in [2.75, 3.05) is 6.61 Å². The molecule has 0 saturated carbocycles. The lowest BCUT2D eigenvalue weighted by molar-refractivity contribution is -0.144. The molecule has 0 aromatic carbocycles. The summed E-state index contributed by atoms with van der Waals surface area (Å²) in [7, 11) is 0. The van der Waals surface area contributed by atoms with E-state index < -0.39 is 0 Å². The molecule has 0 aromatic rings. The van der Waals surface area contributed by atoms with E-state index in [9.17, 15) is 14.7 Å². The monoisotopic (exact) mass is 262 g/mol. The zero-order valence-corrected chi connectivity index (χ0v) is 11.2. The Morgan fingerprint density at radius 2 is 2.16 bits per heavy atom. The standard InChI is InChI=1S/C15H18O4/c1-7-5-11(17)13-9(6-16)3-4-10-8(2)15(18)19-14(10)12(7)13/h5,8,10,12,14,16H,3-4,6H2,1-2H3/t8-,10-,12-,14-/m0/s1. The lowest BCUT2D eigenvalue weighted by Gasteiger charge is -2.24. The van der Waals surface area contributed by atoms with Gasteiger partial charge in [-0.15, -0.1) is 0 Å². The molecule has 19 heavy (non-hydrogen) atoms. The molecule has 1 heterocycles. The highest BCUT2D eigenvalue weighted by Gasteiger charge is 2.51. The first-order valence-corrected chi connectivity index (χ1v) is 6.80. The highest BCUT2D eigenvalue weighted by Crippen LogP contribution is 2.47. The summed E-state index contributed by atoms with van der Waals surface area (Å²) < 4.78 is 5.54. The minimum atomic E-state index is -0.232. The number of hydrogen-bond donors (Lipinski definition) is 1. The van der Waals surface area contributed by atoms with Crippen molar-refractivity contribution < 1.29 is 19.4 Å². The first-order chi connectivity index (χ1) is 9.04. The summed E-state index contributed by atoms with van der Waals surface area (Å²) in [6.45, 7) is 3.72. The van der Waals surface area contributed by atoms with Crippen LogP contribution >= 0.6 is 0 Å². The number of rotatable bonds is 1. The van der Waals surface area contributed by atoms with Crippen LogP contribution in [0.3, 0.4) is 0 Å². The van der Waals surface area contributed by atoms with Gasteiger partial charge in [0.05, 0.1) is 12.5 Å². The van der Waals surface area contributed by atoms with Crippen molar-refractivity contribution in [2.45, 2.75) is 32.8 Å². The zero-order chi connectivity index (χ0) is 13.7. The zero-order valence-electron chi connectivity index (χ0n) is 11.2. The van der Waals surface area contributed by atoms with Gasteiger partial charge in [-0.2, -0.15) is 0 Å². The van der Waals surface area contributed by atoms with Crippen LogP contribution in [-0.2, 0) is 14.3 Å². The van der Waals surface area contributed by atoms with Crippen LogP contribution in [0.2, 0.25) is 0 Å². The Hall–Kier alpha value is -1.42. The molecule has 4 heteroatoms. The fraction of sp³-hybridized carbons (Fsp3) is 0.600. The normalized spacial score (nSPS) is 37.7. The van der Waals surface area contributed by atoms with Crippen LogP contribution in [0.5, 0.6) is 0 Å².